The van der Waals surface area contributed by atoms with Crippen molar-refractivity contribution in [2.24, 2.45) is 0 Å². The number of para-hydroxylation sites is 1. The van der Waals surface area contributed by atoms with Gasteiger partial charge in [0.1, 0.15) is 11.5 Å². The number of benzene rings is 1. The van der Waals surface area contributed by atoms with Crippen molar-refractivity contribution in [3.8, 4) is 0 Å². The van der Waals surface area contributed by atoms with E-state index in [1.807, 2.05) is 65.2 Å². The van der Waals surface area contributed by atoms with E-state index in [1.54, 1.807) is 48.0 Å². The first-order valence-electron chi connectivity index (χ1n) is 13.0. The first kappa shape index (κ1) is 25.0. The molecule has 4 aromatic heterocycles. The van der Waals surface area contributed by atoms with Gasteiger partial charge in [-0.25, -0.2) is 4.98 Å². The summed E-state index contributed by atoms with van der Waals surface area (Å²) in [4.78, 5) is 41.4. The molecule has 0 bridgehead atoms. The largest absolute Gasteiger partial charge is 0.366 e. The second kappa shape index (κ2) is 11.2. The Morgan fingerprint density at radius 2 is 1.55 bits per heavy atom. The molecular formula is C31H27N7O2. The van der Waals surface area contributed by atoms with E-state index in [4.69, 9.17) is 0 Å². The second-order valence-electron chi connectivity index (χ2n) is 9.51. The van der Waals surface area contributed by atoms with Crippen molar-refractivity contribution in [3.05, 3.63) is 137 Å². The molecule has 40 heavy (non-hydrogen) atoms. The zero-order valence-electron chi connectivity index (χ0n) is 21.7. The number of carbonyl (C=O) groups excluding carboxylic acids is 2. The van der Waals surface area contributed by atoms with Crippen LogP contribution < -0.4 is 15.5 Å². The van der Waals surface area contributed by atoms with Crippen LogP contribution in [0.25, 0.3) is 0 Å². The van der Waals surface area contributed by atoms with Crippen LogP contribution in [0, 0.1) is 0 Å². The van der Waals surface area contributed by atoms with Crippen LogP contribution in [0.5, 0.6) is 0 Å². The molecular weight excluding hydrogens is 502 g/mol. The van der Waals surface area contributed by atoms with Crippen LogP contribution >= 0.6 is 0 Å². The number of amides is 2. The minimum absolute atomic E-state index is 0.156. The van der Waals surface area contributed by atoms with Gasteiger partial charge in [0.2, 0.25) is 0 Å². The van der Waals surface area contributed by atoms with E-state index >= 15 is 0 Å². The second-order valence-corrected chi connectivity index (χ2v) is 9.51. The van der Waals surface area contributed by atoms with Crippen molar-refractivity contribution in [1.82, 2.24) is 24.8 Å². The highest BCUT2D eigenvalue weighted by atomic mass is 16.2. The summed E-state index contributed by atoms with van der Waals surface area (Å²) < 4.78 is 1.98. The van der Waals surface area contributed by atoms with E-state index in [0.717, 1.165) is 28.1 Å². The molecule has 1 aliphatic heterocycles. The van der Waals surface area contributed by atoms with Crippen LogP contribution in [-0.2, 0) is 26.2 Å². The van der Waals surface area contributed by atoms with E-state index in [2.05, 4.69) is 25.6 Å². The third-order valence-electron chi connectivity index (χ3n) is 6.86. The summed E-state index contributed by atoms with van der Waals surface area (Å²) in [5, 5.41) is 6.24. The molecule has 0 saturated heterocycles. The molecule has 1 aliphatic rings. The number of nitrogens with zero attached hydrogens (tertiary/aromatic N) is 5. The van der Waals surface area contributed by atoms with Crippen LogP contribution in [0.1, 0.15) is 43.2 Å². The predicted molar refractivity (Wildman–Crippen MR) is 152 cm³/mol. The van der Waals surface area contributed by atoms with Gasteiger partial charge in [-0.2, -0.15) is 0 Å². The molecule has 1 aromatic carbocycles. The average Bonchev–Trinajstić information content (AvgIpc) is 3.33. The molecule has 2 amide bonds. The van der Waals surface area contributed by atoms with E-state index < -0.39 is 0 Å². The minimum atomic E-state index is -0.175. The summed E-state index contributed by atoms with van der Waals surface area (Å²) in [6.07, 6.45) is 8.57. The van der Waals surface area contributed by atoms with Crippen molar-refractivity contribution in [2.75, 3.05) is 10.2 Å². The standard InChI is InChI=1S/C31H27N7O2/c39-30(36-18-23-6-4-14-33-16-23)28-11-10-26-21-38(27-8-2-1-7-25(27)20-37(26)28)31(40)24-9-12-29(35-19-24)34-17-22-5-3-13-32-15-22/h1-16,19H,17-18,20-21H2,(H,34,35)(H,36,39). The lowest BCUT2D eigenvalue weighted by molar-refractivity contribution is 0.0941. The summed E-state index contributed by atoms with van der Waals surface area (Å²) >= 11 is 0. The first-order valence-corrected chi connectivity index (χ1v) is 13.0. The highest BCUT2D eigenvalue weighted by Gasteiger charge is 2.27. The quantitative estimate of drug-likeness (QED) is 0.323. The van der Waals surface area contributed by atoms with Gasteiger partial charge in [-0.05, 0) is 59.2 Å². The zero-order chi connectivity index (χ0) is 27.3. The van der Waals surface area contributed by atoms with Crippen LogP contribution in [-0.4, -0.2) is 31.3 Å². The summed E-state index contributed by atoms with van der Waals surface area (Å²) in [6, 6.07) is 22.8. The fraction of sp³-hybridized carbons (Fsp3) is 0.129. The first-order chi connectivity index (χ1) is 19.7. The van der Waals surface area contributed by atoms with Crippen molar-refractivity contribution in [1.29, 1.82) is 0 Å². The number of nitrogens with one attached hydrogen (secondary N) is 2. The number of rotatable bonds is 7. The van der Waals surface area contributed by atoms with Crippen molar-refractivity contribution < 1.29 is 9.59 Å². The van der Waals surface area contributed by atoms with Crippen LogP contribution in [0.3, 0.4) is 0 Å². The molecule has 0 unspecified atom stereocenters. The molecule has 2 N–H and O–H groups in total. The number of fused-ring (bicyclic) bond motifs is 2. The molecule has 0 aliphatic carbocycles. The fourth-order valence-electron chi connectivity index (χ4n) is 4.79. The number of carbonyl (C=O) groups is 2. The van der Waals surface area contributed by atoms with E-state index in [0.29, 0.717) is 43.3 Å². The molecule has 198 valence electrons. The lowest BCUT2D eigenvalue weighted by Crippen LogP contribution is -2.31. The molecule has 5 aromatic rings. The van der Waals surface area contributed by atoms with Gasteiger partial charge in [-0.1, -0.05) is 30.3 Å². The molecule has 0 saturated carbocycles. The van der Waals surface area contributed by atoms with E-state index in [9.17, 15) is 9.59 Å². The zero-order valence-corrected chi connectivity index (χ0v) is 21.7. The van der Waals surface area contributed by atoms with Gasteiger partial charge >= 0.3 is 0 Å². The van der Waals surface area contributed by atoms with Crippen LogP contribution in [0.15, 0.2) is 104 Å². The molecule has 9 heteroatoms. The van der Waals surface area contributed by atoms with Gasteiger partial charge in [-0.3, -0.25) is 19.6 Å². The van der Waals surface area contributed by atoms with Crippen molar-refractivity contribution >= 4 is 23.3 Å². The topological polar surface area (TPSA) is 105 Å². The summed E-state index contributed by atoms with van der Waals surface area (Å²) in [5.74, 6) is 0.342. The highest BCUT2D eigenvalue weighted by molar-refractivity contribution is 6.06. The summed E-state index contributed by atoms with van der Waals surface area (Å²) in [7, 11) is 0. The molecule has 0 atom stereocenters. The summed E-state index contributed by atoms with van der Waals surface area (Å²) in [6.45, 7) is 1.78. The highest BCUT2D eigenvalue weighted by Crippen LogP contribution is 2.30. The van der Waals surface area contributed by atoms with Crippen LogP contribution in [0.2, 0.25) is 0 Å². The SMILES string of the molecule is O=C(NCc1cccnc1)c1ccc2n1Cc1ccccc1N(C(=O)c1ccc(NCc3cccnc3)nc1)C2. The number of aromatic nitrogens is 4. The molecule has 6 rings (SSSR count). The smallest absolute Gasteiger partial charge is 0.268 e. The van der Waals surface area contributed by atoms with Crippen molar-refractivity contribution in [2.45, 2.75) is 26.2 Å². The van der Waals surface area contributed by atoms with Gasteiger partial charge in [0.05, 0.1) is 18.7 Å². The third kappa shape index (κ3) is 5.30. The maximum Gasteiger partial charge on any atom is 0.268 e. The summed E-state index contributed by atoms with van der Waals surface area (Å²) in [5.41, 5.74) is 5.64. The van der Waals surface area contributed by atoms with E-state index in [1.165, 1.54) is 0 Å². The number of pyridine rings is 3. The fourth-order valence-corrected chi connectivity index (χ4v) is 4.79. The Kier molecular flexibility index (Phi) is 7.00. The Morgan fingerprint density at radius 3 is 2.27 bits per heavy atom. The van der Waals surface area contributed by atoms with Gasteiger partial charge in [0.15, 0.2) is 0 Å². The van der Waals surface area contributed by atoms with Crippen molar-refractivity contribution in [3.63, 3.8) is 0 Å². The Bertz CT molecular complexity index is 1630. The Morgan fingerprint density at radius 1 is 0.775 bits per heavy atom. The number of hydrogen-bond donors (Lipinski definition) is 2. The van der Waals surface area contributed by atoms with Gasteiger partial charge in [0.25, 0.3) is 11.8 Å². The van der Waals surface area contributed by atoms with Gasteiger partial charge in [-0.15, -0.1) is 0 Å². The maximum atomic E-state index is 13.8. The molecule has 0 radical (unpaired) electrons. The van der Waals surface area contributed by atoms with Gasteiger partial charge in [0, 0.05) is 55.5 Å². The number of hydrogen-bond acceptors (Lipinski definition) is 6. The minimum Gasteiger partial charge on any atom is -0.366 e. The van der Waals surface area contributed by atoms with E-state index in [-0.39, 0.29) is 11.8 Å². The maximum absolute atomic E-state index is 13.8. The van der Waals surface area contributed by atoms with Crippen LogP contribution in [0.4, 0.5) is 11.5 Å². The number of anilines is 2. The Labute approximate surface area is 231 Å². The Balaban J connectivity index is 1.21. The molecule has 9 nitrogen and oxygen atoms in total. The lowest BCUT2D eigenvalue weighted by atomic mass is 10.1. The lowest BCUT2D eigenvalue weighted by Gasteiger charge is -2.22. The molecule has 0 spiro atoms. The third-order valence-corrected chi connectivity index (χ3v) is 6.86. The predicted octanol–water partition coefficient (Wildman–Crippen LogP) is 4.42. The Hall–Kier alpha value is -5.31. The normalized spacial score (nSPS) is 12.2. The average molecular weight is 530 g/mol. The molecule has 5 heterocycles. The molecule has 0 fully saturated rings. The monoisotopic (exact) mass is 529 g/mol. The van der Waals surface area contributed by atoms with Gasteiger partial charge < -0.3 is 20.1 Å².